The minimum atomic E-state index is -2.67. The van der Waals surface area contributed by atoms with E-state index in [4.69, 9.17) is 23.1 Å². The van der Waals surface area contributed by atoms with E-state index >= 15 is 0 Å². The third-order valence-corrected chi connectivity index (χ3v) is 7.71. The number of carbonyl (C=O) groups is 3. The Labute approximate surface area is 181 Å². The summed E-state index contributed by atoms with van der Waals surface area (Å²) in [6.07, 6.45) is -4.06. The van der Waals surface area contributed by atoms with Crippen LogP contribution in [0.5, 0.6) is 5.75 Å². The summed E-state index contributed by atoms with van der Waals surface area (Å²) in [6, 6.07) is 1.11. The van der Waals surface area contributed by atoms with Crippen molar-refractivity contribution >= 4 is 29.1 Å². The van der Waals surface area contributed by atoms with Gasteiger partial charge in [-0.2, -0.15) is 0 Å². The molecular formula is C20H23ClN2O8. The number of primary amides is 1. The highest BCUT2D eigenvalue weighted by Crippen LogP contribution is 2.57. The van der Waals surface area contributed by atoms with Crippen molar-refractivity contribution in [3.63, 3.8) is 0 Å². The number of aliphatic hydroxyl groups is 4. The van der Waals surface area contributed by atoms with Gasteiger partial charge in [0, 0.05) is 28.5 Å². The molecule has 0 spiro atoms. The Balaban J connectivity index is 1.92. The molecule has 9 atom stereocenters. The van der Waals surface area contributed by atoms with Gasteiger partial charge in [0.15, 0.2) is 17.2 Å². The number of Topliss-reactive ketones (excluding diaryl/α,β-unsaturated/α-hetero) is 2. The molecule has 0 heterocycles. The third-order valence-electron chi connectivity index (χ3n) is 7.39. The average molecular weight is 455 g/mol. The topological polar surface area (TPSA) is 204 Å². The van der Waals surface area contributed by atoms with Crippen LogP contribution in [0.2, 0.25) is 5.02 Å². The van der Waals surface area contributed by atoms with Crippen molar-refractivity contribution in [3.8, 4) is 5.75 Å². The number of nitrogens with two attached hydrogens (primary N) is 2. The molecule has 4 rings (SSSR count). The molecule has 1 aromatic carbocycles. The Morgan fingerprint density at radius 3 is 2.39 bits per heavy atom. The van der Waals surface area contributed by atoms with Crippen LogP contribution in [0.15, 0.2) is 12.1 Å². The quantitative estimate of drug-likeness (QED) is 0.238. The highest BCUT2D eigenvalue weighted by molar-refractivity contribution is 6.32. The van der Waals surface area contributed by atoms with Crippen molar-refractivity contribution in [2.45, 2.75) is 42.8 Å². The summed E-state index contributed by atoms with van der Waals surface area (Å²) in [7, 11) is 0. The molecular weight excluding hydrogens is 432 g/mol. The first-order chi connectivity index (χ1) is 14.3. The van der Waals surface area contributed by atoms with Gasteiger partial charge in [-0.25, -0.2) is 0 Å². The Bertz CT molecular complexity index is 1010. The first kappa shape index (κ1) is 22.1. The second kappa shape index (κ2) is 6.71. The summed E-state index contributed by atoms with van der Waals surface area (Å²) in [6.45, 7) is 1.34. The Morgan fingerprint density at radius 2 is 1.81 bits per heavy atom. The normalized spacial score (nSPS) is 44.3. The van der Waals surface area contributed by atoms with Gasteiger partial charge in [-0.15, -0.1) is 0 Å². The summed E-state index contributed by atoms with van der Waals surface area (Å²) in [4.78, 5) is 38.1. The van der Waals surface area contributed by atoms with E-state index < -0.39 is 76.3 Å². The van der Waals surface area contributed by atoms with Crippen LogP contribution in [0.4, 0.5) is 0 Å². The maximum absolute atomic E-state index is 13.3. The van der Waals surface area contributed by atoms with Gasteiger partial charge in [0.25, 0.3) is 0 Å². The van der Waals surface area contributed by atoms with Crippen molar-refractivity contribution in [1.29, 1.82) is 0 Å². The van der Waals surface area contributed by atoms with Crippen LogP contribution in [-0.4, -0.2) is 66.9 Å². The first-order valence-electron chi connectivity index (χ1n) is 9.74. The summed E-state index contributed by atoms with van der Waals surface area (Å²) in [5.74, 6) is -9.54. The van der Waals surface area contributed by atoms with Crippen LogP contribution in [-0.2, 0) is 15.2 Å². The number of phenolic OH excluding ortho intramolecular Hbond substituents is 1. The lowest BCUT2D eigenvalue weighted by atomic mass is 9.49. The zero-order chi connectivity index (χ0) is 23.2. The van der Waals surface area contributed by atoms with Gasteiger partial charge >= 0.3 is 0 Å². The molecule has 168 valence electrons. The van der Waals surface area contributed by atoms with Crippen LogP contribution >= 0.6 is 11.6 Å². The van der Waals surface area contributed by atoms with Crippen molar-refractivity contribution < 1.29 is 39.9 Å². The maximum Gasteiger partial charge on any atom is 0.230 e. The van der Waals surface area contributed by atoms with E-state index in [0.717, 1.165) is 6.07 Å². The predicted octanol–water partition coefficient (Wildman–Crippen LogP) is -1.83. The first-order valence-corrected chi connectivity index (χ1v) is 10.1. The lowest BCUT2D eigenvalue weighted by Gasteiger charge is -2.58. The molecule has 0 bridgehead atoms. The summed E-state index contributed by atoms with van der Waals surface area (Å²) in [5, 5.41) is 54.5. The van der Waals surface area contributed by atoms with Crippen LogP contribution in [0.25, 0.3) is 0 Å². The van der Waals surface area contributed by atoms with Gasteiger partial charge in [-0.1, -0.05) is 11.6 Å². The number of amides is 1. The van der Waals surface area contributed by atoms with Crippen molar-refractivity contribution in [2.75, 3.05) is 0 Å². The molecule has 3 aliphatic carbocycles. The number of phenols is 1. The minimum Gasteiger partial charge on any atom is -0.507 e. The molecule has 0 saturated heterocycles. The van der Waals surface area contributed by atoms with E-state index in [1.54, 1.807) is 0 Å². The van der Waals surface area contributed by atoms with Crippen LogP contribution in [0.1, 0.15) is 29.3 Å². The van der Waals surface area contributed by atoms with Gasteiger partial charge in [-0.3, -0.25) is 14.4 Å². The number of hydrogen-bond acceptors (Lipinski definition) is 9. The number of ketones is 2. The van der Waals surface area contributed by atoms with Crippen molar-refractivity contribution in [1.82, 2.24) is 0 Å². The fraction of sp³-hybridized carbons (Fsp3) is 0.550. The van der Waals surface area contributed by atoms with Gasteiger partial charge < -0.3 is 37.0 Å². The smallest absolute Gasteiger partial charge is 0.230 e. The summed E-state index contributed by atoms with van der Waals surface area (Å²) < 4.78 is 0. The van der Waals surface area contributed by atoms with E-state index in [1.807, 2.05) is 0 Å². The lowest BCUT2D eigenvalue weighted by molar-refractivity contribution is -0.221. The van der Waals surface area contributed by atoms with Crippen molar-refractivity contribution in [3.05, 3.63) is 28.3 Å². The fourth-order valence-electron chi connectivity index (χ4n) is 5.82. The standard InChI is InChI=1S/C20H23ClN2O8/c1-19(30)5-4-6-13(22)15(26)11(18(23)29)17(28)20(6,31)16(27)9(5)14(25)10-8(24)3-2-7(21)12(10)19/h2-3,5-6,9,11,13,15-16,24,26-27,30-31H,4,22H2,1H3,(H2,23,29)/t5-,6-,9-,11-,13-,15+,16+,19-,20-/m0/s1. The molecule has 11 heteroatoms. The minimum absolute atomic E-state index is 0.0118. The number of aliphatic hydroxyl groups excluding tert-OH is 2. The summed E-state index contributed by atoms with van der Waals surface area (Å²) in [5.41, 5.74) is 6.38. The SMILES string of the molecule is C[C@@]1(O)c2c(Cl)ccc(O)c2C(=O)[C@H]2[C@@H](O)[C@]3(O)C(=O)[C@@H](C(N)=O)[C@@H](O)[C@@H](N)[C@@H]3C[C@@H]21. The molecule has 1 aromatic rings. The molecule has 0 aliphatic heterocycles. The molecule has 0 unspecified atom stereocenters. The zero-order valence-electron chi connectivity index (χ0n) is 16.4. The largest absolute Gasteiger partial charge is 0.507 e. The molecule has 0 aromatic heterocycles. The summed E-state index contributed by atoms with van der Waals surface area (Å²) >= 11 is 6.22. The molecule has 2 fully saturated rings. The van der Waals surface area contributed by atoms with E-state index in [0.29, 0.717) is 0 Å². The molecule has 10 nitrogen and oxygen atoms in total. The van der Waals surface area contributed by atoms with Crippen LogP contribution in [0, 0.1) is 23.7 Å². The lowest BCUT2D eigenvalue weighted by Crippen LogP contribution is -2.76. The average Bonchev–Trinajstić information content (AvgIpc) is 2.67. The number of benzene rings is 1. The third kappa shape index (κ3) is 2.60. The number of rotatable bonds is 1. The zero-order valence-corrected chi connectivity index (χ0v) is 17.2. The number of aromatic hydroxyl groups is 1. The fourth-order valence-corrected chi connectivity index (χ4v) is 6.17. The second-order valence-electron chi connectivity index (χ2n) is 8.89. The highest BCUT2D eigenvalue weighted by Gasteiger charge is 2.70. The van der Waals surface area contributed by atoms with Gasteiger partial charge in [-0.05, 0) is 25.5 Å². The molecule has 31 heavy (non-hydrogen) atoms. The number of fused-ring (bicyclic) bond motifs is 3. The second-order valence-corrected chi connectivity index (χ2v) is 9.29. The van der Waals surface area contributed by atoms with Gasteiger partial charge in [0.2, 0.25) is 5.91 Å². The Morgan fingerprint density at radius 1 is 1.19 bits per heavy atom. The maximum atomic E-state index is 13.3. The molecule has 9 N–H and O–H groups in total. The van der Waals surface area contributed by atoms with Gasteiger partial charge in [0.05, 0.1) is 23.2 Å². The molecule has 0 radical (unpaired) electrons. The van der Waals surface area contributed by atoms with E-state index in [2.05, 4.69) is 0 Å². The molecule has 1 amide bonds. The van der Waals surface area contributed by atoms with Crippen molar-refractivity contribution in [2.24, 2.45) is 35.1 Å². The van der Waals surface area contributed by atoms with Gasteiger partial charge in [0.1, 0.15) is 17.8 Å². The number of hydrogen-bond donors (Lipinski definition) is 7. The molecule has 3 aliphatic rings. The Hall–Kier alpha value is -2.08. The van der Waals surface area contributed by atoms with E-state index in [-0.39, 0.29) is 22.6 Å². The van der Waals surface area contributed by atoms with E-state index in [9.17, 15) is 39.9 Å². The number of halogens is 1. The highest BCUT2D eigenvalue weighted by atomic mass is 35.5. The van der Waals surface area contributed by atoms with E-state index in [1.165, 1.54) is 13.0 Å². The Kier molecular flexibility index (Phi) is 4.79. The number of carbonyl (C=O) groups excluding carboxylic acids is 3. The predicted molar refractivity (Wildman–Crippen MR) is 105 cm³/mol. The van der Waals surface area contributed by atoms with Crippen LogP contribution in [0.3, 0.4) is 0 Å². The van der Waals surface area contributed by atoms with Crippen LogP contribution < -0.4 is 11.5 Å². The molecule has 2 saturated carbocycles. The monoisotopic (exact) mass is 454 g/mol.